The molecule has 0 radical (unpaired) electrons. The summed E-state index contributed by atoms with van der Waals surface area (Å²) in [6.45, 7) is 4.25. The Hall–Kier alpha value is -2.01. The summed E-state index contributed by atoms with van der Waals surface area (Å²) in [5.41, 5.74) is 2.44. The molecule has 2 aliphatic carbocycles. The maximum Gasteiger partial charge on any atom is 0.241 e. The number of allylic oxidation sites excluding steroid dienone is 2. The van der Waals surface area contributed by atoms with Gasteiger partial charge in [-0.25, -0.2) is 0 Å². The van der Waals surface area contributed by atoms with Gasteiger partial charge in [0, 0.05) is 37.9 Å². The van der Waals surface area contributed by atoms with Gasteiger partial charge in [-0.15, -0.1) is 0 Å². The topological polar surface area (TPSA) is 36.0 Å². The molecule has 27 heavy (non-hydrogen) atoms. The van der Waals surface area contributed by atoms with Crippen LogP contribution in [0.2, 0.25) is 0 Å². The molecule has 0 N–H and O–H groups in total. The van der Waals surface area contributed by atoms with Crippen molar-refractivity contribution in [3.8, 4) is 5.75 Å². The Kier molecular flexibility index (Phi) is 5.67. The number of nitrogens with zero attached hydrogens (tertiary/aromatic N) is 3. The molecule has 1 aromatic rings. The fourth-order valence-electron chi connectivity index (χ4n) is 4.28. The Morgan fingerprint density at radius 2 is 1.93 bits per heavy atom. The molecule has 1 amide bonds. The normalized spacial score (nSPS) is 20.9. The van der Waals surface area contributed by atoms with Crippen molar-refractivity contribution in [2.45, 2.75) is 44.6 Å². The minimum atomic E-state index is 0.302. The van der Waals surface area contributed by atoms with Crippen molar-refractivity contribution < 1.29 is 9.53 Å². The van der Waals surface area contributed by atoms with E-state index in [9.17, 15) is 4.79 Å². The number of para-hydroxylation sites is 2. The Balaban J connectivity index is 1.34. The Morgan fingerprint density at radius 3 is 2.59 bits per heavy atom. The van der Waals surface area contributed by atoms with Crippen LogP contribution in [0.15, 0.2) is 36.0 Å². The summed E-state index contributed by atoms with van der Waals surface area (Å²) in [6, 6.07) is 8.65. The minimum Gasteiger partial charge on any atom is -0.495 e. The zero-order valence-corrected chi connectivity index (χ0v) is 16.4. The van der Waals surface area contributed by atoms with Crippen molar-refractivity contribution in [2.75, 3.05) is 44.7 Å². The number of carbonyl (C=O) groups excluding carboxylic acids is 1. The van der Waals surface area contributed by atoms with Gasteiger partial charge < -0.3 is 14.5 Å². The highest BCUT2D eigenvalue weighted by Crippen LogP contribution is 2.34. The fourth-order valence-corrected chi connectivity index (χ4v) is 4.28. The van der Waals surface area contributed by atoms with E-state index in [1.807, 2.05) is 12.1 Å². The molecule has 1 aromatic carbocycles. The van der Waals surface area contributed by atoms with Gasteiger partial charge in [0.05, 0.1) is 19.3 Å². The van der Waals surface area contributed by atoms with Crippen LogP contribution in [-0.4, -0.2) is 61.6 Å². The lowest BCUT2D eigenvalue weighted by atomic mass is 10.0. The van der Waals surface area contributed by atoms with Crippen LogP contribution in [-0.2, 0) is 4.79 Å². The largest absolute Gasteiger partial charge is 0.495 e. The van der Waals surface area contributed by atoms with Crippen LogP contribution in [0.4, 0.5) is 5.69 Å². The standard InChI is InChI=1S/C22H31N3O2/c1-27-21-10-6-5-9-20(21)24-15-13-23(14-16-24)17-22(26)25(19-11-12-19)18-7-3-2-4-8-18/h5-7,9-10,19H,2-4,8,11-17H2,1H3. The summed E-state index contributed by atoms with van der Waals surface area (Å²) in [4.78, 5) is 19.9. The number of benzene rings is 1. The fraction of sp³-hybridized carbons (Fsp3) is 0.591. The monoisotopic (exact) mass is 369 g/mol. The SMILES string of the molecule is COc1ccccc1N1CCN(CC(=O)N(C2=CCCCC2)C2CC2)CC1. The van der Waals surface area contributed by atoms with E-state index in [0.717, 1.165) is 50.5 Å². The molecule has 5 nitrogen and oxygen atoms in total. The number of methoxy groups -OCH3 is 1. The number of carbonyl (C=O) groups is 1. The number of ether oxygens (including phenoxy) is 1. The number of rotatable bonds is 6. The Labute approximate surface area is 162 Å². The van der Waals surface area contributed by atoms with Crippen LogP contribution in [0, 0.1) is 0 Å². The van der Waals surface area contributed by atoms with Crippen molar-refractivity contribution in [2.24, 2.45) is 0 Å². The zero-order valence-electron chi connectivity index (χ0n) is 16.4. The molecule has 4 rings (SSSR count). The molecule has 0 aromatic heterocycles. The molecule has 1 heterocycles. The maximum absolute atomic E-state index is 13.1. The van der Waals surface area contributed by atoms with E-state index in [0.29, 0.717) is 18.5 Å². The van der Waals surface area contributed by atoms with Gasteiger partial charge in [0.15, 0.2) is 0 Å². The first-order chi connectivity index (χ1) is 13.3. The number of amides is 1. The number of piperazine rings is 1. The molecule has 0 atom stereocenters. The third kappa shape index (κ3) is 4.29. The second-order valence-electron chi connectivity index (χ2n) is 7.87. The molecule has 5 heteroatoms. The molecular weight excluding hydrogens is 338 g/mol. The van der Waals surface area contributed by atoms with E-state index in [1.165, 1.54) is 31.4 Å². The van der Waals surface area contributed by atoms with Crippen molar-refractivity contribution in [3.05, 3.63) is 36.0 Å². The van der Waals surface area contributed by atoms with E-state index in [2.05, 4.69) is 32.9 Å². The van der Waals surface area contributed by atoms with Gasteiger partial charge in [-0.3, -0.25) is 9.69 Å². The molecule has 0 spiro atoms. The summed E-state index contributed by atoms with van der Waals surface area (Å²) in [6.07, 6.45) is 9.34. The Bertz CT molecular complexity index is 691. The molecular formula is C22H31N3O2. The highest BCUT2D eigenvalue weighted by Gasteiger charge is 2.35. The van der Waals surface area contributed by atoms with Crippen LogP contribution < -0.4 is 9.64 Å². The summed E-state index contributed by atoms with van der Waals surface area (Å²) in [5, 5.41) is 0. The minimum absolute atomic E-state index is 0.302. The van der Waals surface area contributed by atoms with Crippen LogP contribution in [0.5, 0.6) is 5.75 Å². The second kappa shape index (κ2) is 8.34. The molecule has 0 bridgehead atoms. The first-order valence-corrected chi connectivity index (χ1v) is 10.4. The van der Waals surface area contributed by atoms with E-state index < -0.39 is 0 Å². The van der Waals surface area contributed by atoms with Gasteiger partial charge in [0.25, 0.3) is 0 Å². The number of anilines is 1. The van der Waals surface area contributed by atoms with Gasteiger partial charge in [-0.2, -0.15) is 0 Å². The zero-order chi connectivity index (χ0) is 18.6. The van der Waals surface area contributed by atoms with Crippen molar-refractivity contribution >= 4 is 11.6 Å². The molecule has 0 unspecified atom stereocenters. The van der Waals surface area contributed by atoms with E-state index >= 15 is 0 Å². The van der Waals surface area contributed by atoms with Crippen molar-refractivity contribution in [1.82, 2.24) is 9.80 Å². The van der Waals surface area contributed by atoms with Gasteiger partial charge >= 0.3 is 0 Å². The lowest BCUT2D eigenvalue weighted by Gasteiger charge is -2.37. The average molecular weight is 370 g/mol. The molecule has 146 valence electrons. The third-order valence-electron chi connectivity index (χ3n) is 5.91. The van der Waals surface area contributed by atoms with Gasteiger partial charge in [0.1, 0.15) is 5.75 Å². The highest BCUT2D eigenvalue weighted by atomic mass is 16.5. The van der Waals surface area contributed by atoms with Gasteiger partial charge in [-0.1, -0.05) is 18.2 Å². The van der Waals surface area contributed by atoms with Gasteiger partial charge in [-0.05, 0) is 50.7 Å². The predicted molar refractivity (Wildman–Crippen MR) is 108 cm³/mol. The van der Waals surface area contributed by atoms with E-state index in [4.69, 9.17) is 4.74 Å². The number of hydrogen-bond acceptors (Lipinski definition) is 4. The van der Waals surface area contributed by atoms with Crippen LogP contribution >= 0.6 is 0 Å². The van der Waals surface area contributed by atoms with Crippen molar-refractivity contribution in [1.29, 1.82) is 0 Å². The van der Waals surface area contributed by atoms with E-state index in [1.54, 1.807) is 7.11 Å². The molecule has 1 aliphatic heterocycles. The number of hydrogen-bond donors (Lipinski definition) is 0. The quantitative estimate of drug-likeness (QED) is 0.771. The summed E-state index contributed by atoms with van der Waals surface area (Å²) in [5.74, 6) is 1.22. The smallest absolute Gasteiger partial charge is 0.241 e. The highest BCUT2D eigenvalue weighted by molar-refractivity contribution is 5.81. The Morgan fingerprint density at radius 1 is 1.15 bits per heavy atom. The van der Waals surface area contributed by atoms with Crippen LogP contribution in [0.25, 0.3) is 0 Å². The average Bonchev–Trinajstić information content (AvgIpc) is 3.54. The molecule has 1 saturated carbocycles. The summed E-state index contributed by atoms with van der Waals surface area (Å²) in [7, 11) is 1.72. The summed E-state index contributed by atoms with van der Waals surface area (Å²) >= 11 is 0. The van der Waals surface area contributed by atoms with E-state index in [-0.39, 0.29) is 0 Å². The summed E-state index contributed by atoms with van der Waals surface area (Å²) < 4.78 is 5.50. The maximum atomic E-state index is 13.1. The lowest BCUT2D eigenvalue weighted by molar-refractivity contribution is -0.131. The van der Waals surface area contributed by atoms with Crippen LogP contribution in [0.3, 0.4) is 0 Å². The molecule has 3 aliphatic rings. The molecule has 2 fully saturated rings. The first kappa shape index (κ1) is 18.4. The lowest BCUT2D eigenvalue weighted by Crippen LogP contribution is -2.50. The first-order valence-electron chi connectivity index (χ1n) is 10.4. The van der Waals surface area contributed by atoms with Crippen LogP contribution in [0.1, 0.15) is 38.5 Å². The van der Waals surface area contributed by atoms with Crippen molar-refractivity contribution in [3.63, 3.8) is 0 Å². The predicted octanol–water partition coefficient (Wildman–Crippen LogP) is 3.27. The second-order valence-corrected chi connectivity index (χ2v) is 7.87. The van der Waals surface area contributed by atoms with Gasteiger partial charge in [0.2, 0.25) is 5.91 Å². The third-order valence-corrected chi connectivity index (χ3v) is 5.91. The molecule has 1 saturated heterocycles.